The third-order valence-corrected chi connectivity index (χ3v) is 10.5. The second-order valence-corrected chi connectivity index (χ2v) is 15.9. The summed E-state index contributed by atoms with van der Waals surface area (Å²) in [5.41, 5.74) is 12.5. The maximum atomic E-state index is 11.7. The molecular weight excluding hydrogens is 872 g/mol. The minimum Gasteiger partial charge on any atom is -0.507 e. The minimum absolute atomic E-state index is 0. The Hall–Kier alpha value is -5.76. The molecule has 5 aromatic carbocycles. The average Bonchev–Trinajstić information content (AvgIpc) is 3.80. The molecule has 1 N–H and O–H groups in total. The minimum atomic E-state index is -0.229. The summed E-state index contributed by atoms with van der Waals surface area (Å²) in [6.45, 7) is 15.3. The topological polar surface area (TPSA) is 87.9 Å². The van der Waals surface area contributed by atoms with Crippen molar-refractivity contribution in [2.24, 2.45) is 0 Å². The van der Waals surface area contributed by atoms with E-state index in [2.05, 4.69) is 114 Å². The third-order valence-electron chi connectivity index (χ3n) is 10.5. The van der Waals surface area contributed by atoms with Crippen LogP contribution in [-0.2, 0) is 26.5 Å². The number of pyridine rings is 1. The van der Waals surface area contributed by atoms with E-state index in [1.165, 1.54) is 0 Å². The Kier molecular flexibility index (Phi) is 10.4. The van der Waals surface area contributed by atoms with Gasteiger partial charge in [-0.05, 0) is 81.5 Å². The van der Waals surface area contributed by atoms with Gasteiger partial charge >= 0.3 is 0 Å². The number of para-hydroxylation sites is 1. The summed E-state index contributed by atoms with van der Waals surface area (Å²) in [6, 6.07) is 40.6. The molecule has 0 spiro atoms. The van der Waals surface area contributed by atoms with E-state index in [4.69, 9.17) is 14.4 Å². The van der Waals surface area contributed by atoms with Gasteiger partial charge in [0.25, 0.3) is 0 Å². The van der Waals surface area contributed by atoms with Gasteiger partial charge in [0.1, 0.15) is 17.2 Å². The predicted octanol–water partition coefficient (Wildman–Crippen LogP) is 12.8. The number of phenolic OH excluding ortho intramolecular Hbond substituents is 1. The Morgan fingerprint density at radius 3 is 2.20 bits per heavy atom. The summed E-state index contributed by atoms with van der Waals surface area (Å²) >= 11 is 0. The number of nitriles is 1. The first-order chi connectivity index (χ1) is 26.4. The van der Waals surface area contributed by atoms with Crippen LogP contribution in [0.5, 0.6) is 5.75 Å². The molecule has 0 saturated heterocycles. The first-order valence-corrected chi connectivity index (χ1v) is 18.8. The molecule has 0 radical (unpaired) electrons. The van der Waals surface area contributed by atoms with Crippen LogP contribution in [0.15, 0.2) is 120 Å². The van der Waals surface area contributed by atoms with E-state index in [1.54, 1.807) is 12.3 Å². The van der Waals surface area contributed by atoms with E-state index >= 15 is 0 Å². The molecule has 0 unspecified atom stereocenters. The summed E-state index contributed by atoms with van der Waals surface area (Å²) in [4.78, 5) is 10.2. The van der Waals surface area contributed by atoms with Gasteiger partial charge in [0.15, 0.2) is 0 Å². The standard InChI is InChI=1S/C49H43N4O2.Pt/c1-29(2)38-14-11-15-39(30(3)4)47(38)53-42-17-16-34(28-50)45(46(42)52-48(53)40-27-44-33(19-21-55-44)26-43(40)54)36-22-35(23-37(24-36)49(5,6)7)41-25-32(18-20-51-41)31-12-9-8-10-13-31;/h8-21,23-27,29-30,54H,1-7H3;/q-1;. The molecule has 0 aliphatic rings. The zero-order chi connectivity index (χ0) is 38.6. The number of aromatic hydroxyl groups is 1. The molecule has 0 amide bonds. The second-order valence-electron chi connectivity index (χ2n) is 15.9. The predicted molar refractivity (Wildman–Crippen MR) is 222 cm³/mol. The zero-order valence-corrected chi connectivity index (χ0v) is 34.9. The van der Waals surface area contributed by atoms with Crippen molar-refractivity contribution in [3.05, 3.63) is 144 Å². The van der Waals surface area contributed by atoms with Gasteiger partial charge in [-0.25, -0.2) is 4.98 Å². The van der Waals surface area contributed by atoms with Crippen molar-refractivity contribution in [1.82, 2.24) is 14.5 Å². The number of rotatable bonds is 7. The number of benzene rings is 5. The summed E-state index contributed by atoms with van der Waals surface area (Å²) in [6.07, 6.45) is 3.46. The molecule has 8 aromatic rings. The van der Waals surface area contributed by atoms with Crippen LogP contribution in [0.1, 0.15) is 82.6 Å². The molecule has 56 heavy (non-hydrogen) atoms. The van der Waals surface area contributed by atoms with Gasteiger partial charge in [0.05, 0.1) is 34.6 Å². The van der Waals surface area contributed by atoms with Gasteiger partial charge in [0, 0.05) is 43.9 Å². The Balaban J connectivity index is 0.00000480. The number of hydrogen-bond donors (Lipinski definition) is 1. The molecule has 7 heteroatoms. The molecule has 0 bridgehead atoms. The van der Waals surface area contributed by atoms with Crippen molar-refractivity contribution in [3.8, 4) is 62.4 Å². The second kappa shape index (κ2) is 15.1. The van der Waals surface area contributed by atoms with Crippen molar-refractivity contribution in [1.29, 1.82) is 5.26 Å². The van der Waals surface area contributed by atoms with Crippen LogP contribution in [0.4, 0.5) is 0 Å². The van der Waals surface area contributed by atoms with Crippen molar-refractivity contribution < 1.29 is 30.6 Å². The normalized spacial score (nSPS) is 11.7. The van der Waals surface area contributed by atoms with Crippen LogP contribution in [0.25, 0.3) is 72.6 Å². The van der Waals surface area contributed by atoms with Crippen LogP contribution in [0.2, 0.25) is 0 Å². The van der Waals surface area contributed by atoms with Gasteiger partial charge in [0.2, 0.25) is 0 Å². The summed E-state index contributed by atoms with van der Waals surface area (Å²) in [5.74, 6) is 1.03. The number of fused-ring (bicyclic) bond motifs is 2. The Labute approximate surface area is 342 Å². The van der Waals surface area contributed by atoms with Crippen LogP contribution < -0.4 is 0 Å². The van der Waals surface area contributed by atoms with Crippen molar-refractivity contribution in [2.45, 2.75) is 65.7 Å². The number of phenols is 1. The van der Waals surface area contributed by atoms with E-state index in [0.717, 1.165) is 61.2 Å². The first-order valence-electron chi connectivity index (χ1n) is 18.8. The molecule has 6 nitrogen and oxygen atoms in total. The Bertz CT molecular complexity index is 2750. The van der Waals surface area contributed by atoms with Crippen molar-refractivity contribution in [3.63, 3.8) is 0 Å². The number of hydrogen-bond acceptors (Lipinski definition) is 5. The van der Waals surface area contributed by atoms with E-state index in [9.17, 15) is 10.4 Å². The fourth-order valence-corrected chi connectivity index (χ4v) is 7.53. The summed E-state index contributed by atoms with van der Waals surface area (Å²) < 4.78 is 8.02. The van der Waals surface area contributed by atoms with Crippen LogP contribution in [0.3, 0.4) is 0 Å². The van der Waals surface area contributed by atoms with Gasteiger partial charge in [-0.2, -0.15) is 5.26 Å². The van der Waals surface area contributed by atoms with E-state index < -0.39 is 0 Å². The number of imidazole rings is 1. The molecule has 3 heterocycles. The van der Waals surface area contributed by atoms with Crippen LogP contribution in [0, 0.1) is 17.4 Å². The van der Waals surface area contributed by atoms with E-state index in [0.29, 0.717) is 33.6 Å². The fraction of sp³-hybridized carbons (Fsp3) is 0.204. The maximum absolute atomic E-state index is 11.7. The molecule has 0 atom stereocenters. The van der Waals surface area contributed by atoms with E-state index in [-0.39, 0.29) is 44.1 Å². The SMILES string of the molecule is CC(C)c1cccc(C(C)C)c1-n1c(-c2cc3occc3cc2O)nc2c(-c3[c-]c(-c4cc(-c5ccccc5)ccn4)cc(C(C)(C)C)c3)c(C#N)ccc21.[Pt]. The summed E-state index contributed by atoms with van der Waals surface area (Å²) in [7, 11) is 0. The van der Waals surface area contributed by atoms with Gasteiger partial charge in [-0.15, -0.1) is 29.3 Å². The van der Waals surface area contributed by atoms with Gasteiger partial charge in [-0.1, -0.05) is 109 Å². The first kappa shape index (κ1) is 38.5. The molecule has 0 aliphatic heterocycles. The third kappa shape index (κ3) is 6.86. The summed E-state index contributed by atoms with van der Waals surface area (Å²) in [5, 5.41) is 23.2. The fourth-order valence-electron chi connectivity index (χ4n) is 7.53. The largest absolute Gasteiger partial charge is 0.507 e. The Morgan fingerprint density at radius 1 is 0.804 bits per heavy atom. The molecule has 8 rings (SSSR count). The zero-order valence-electron chi connectivity index (χ0n) is 32.6. The number of furan rings is 1. The maximum Gasteiger partial charge on any atom is 0.148 e. The van der Waals surface area contributed by atoms with Crippen LogP contribution >= 0.6 is 0 Å². The number of aromatic nitrogens is 3. The van der Waals surface area contributed by atoms with Crippen molar-refractivity contribution in [2.75, 3.05) is 0 Å². The van der Waals surface area contributed by atoms with Crippen molar-refractivity contribution >= 4 is 22.0 Å². The smallest absolute Gasteiger partial charge is 0.148 e. The number of nitrogens with zero attached hydrogens (tertiary/aromatic N) is 4. The van der Waals surface area contributed by atoms with Gasteiger partial charge in [-0.3, -0.25) is 9.55 Å². The van der Waals surface area contributed by atoms with Gasteiger partial charge < -0.3 is 9.52 Å². The van der Waals surface area contributed by atoms with Crippen LogP contribution in [-0.4, -0.2) is 19.6 Å². The Morgan fingerprint density at radius 2 is 1.52 bits per heavy atom. The molecular formula is C49H43N4O2Pt-. The molecule has 0 saturated carbocycles. The molecule has 0 fully saturated rings. The van der Waals surface area contributed by atoms with E-state index in [1.807, 2.05) is 54.7 Å². The monoisotopic (exact) mass is 914 g/mol. The molecule has 0 aliphatic carbocycles. The molecule has 3 aromatic heterocycles. The molecule has 282 valence electrons. The average molecular weight is 915 g/mol. The quantitative estimate of drug-likeness (QED) is 0.161.